The number of rotatable bonds is 4. The first-order chi connectivity index (χ1) is 13.8. The van der Waals surface area contributed by atoms with Crippen LogP contribution in [0.15, 0.2) is 47.5 Å². The molecular weight excluding hydrogens is 407 g/mol. The van der Waals surface area contributed by atoms with Crippen LogP contribution in [-0.2, 0) is 12.7 Å². The maximum absolute atomic E-state index is 13.3. The third kappa shape index (κ3) is 3.26. The number of halogens is 4. The highest BCUT2D eigenvalue weighted by molar-refractivity contribution is 6.32. The number of hydrogen-bond donors (Lipinski definition) is 1. The summed E-state index contributed by atoms with van der Waals surface area (Å²) in [6.07, 6.45) is -3.16. The van der Waals surface area contributed by atoms with Crippen LogP contribution in [0, 0.1) is 0 Å². The van der Waals surface area contributed by atoms with Gasteiger partial charge in [-0.05, 0) is 31.3 Å². The third-order valence-corrected chi connectivity index (χ3v) is 4.89. The Labute approximate surface area is 167 Å². The van der Waals surface area contributed by atoms with Crippen LogP contribution in [0.4, 0.5) is 13.2 Å². The van der Waals surface area contributed by atoms with Crippen molar-refractivity contribution in [2.24, 2.45) is 0 Å². The van der Waals surface area contributed by atoms with Crippen molar-refractivity contribution in [1.82, 2.24) is 24.4 Å². The van der Waals surface area contributed by atoms with Crippen LogP contribution in [-0.4, -0.2) is 32.7 Å². The normalized spacial score (nSPS) is 12.2. The van der Waals surface area contributed by atoms with Crippen LogP contribution in [0.5, 0.6) is 0 Å². The second kappa shape index (κ2) is 7.16. The molecular formula is C19H15ClF3N5O. The molecule has 29 heavy (non-hydrogen) atoms. The van der Waals surface area contributed by atoms with E-state index in [0.717, 1.165) is 10.6 Å². The smallest absolute Gasteiger partial charge is 0.329 e. The van der Waals surface area contributed by atoms with E-state index >= 15 is 0 Å². The average molecular weight is 422 g/mol. The molecule has 3 aromatic heterocycles. The van der Waals surface area contributed by atoms with Gasteiger partial charge < -0.3 is 9.88 Å². The fraction of sp³-hybridized carbons (Fsp3) is 0.211. The average Bonchev–Trinajstić information content (AvgIpc) is 3.11. The number of alkyl halides is 3. The molecule has 0 aliphatic carbocycles. The fourth-order valence-electron chi connectivity index (χ4n) is 3.24. The summed E-state index contributed by atoms with van der Waals surface area (Å²) < 4.78 is 42.8. The highest BCUT2D eigenvalue weighted by Crippen LogP contribution is 2.32. The topological polar surface area (TPSA) is 64.7 Å². The zero-order chi connectivity index (χ0) is 20.8. The summed E-state index contributed by atoms with van der Waals surface area (Å²) in [4.78, 5) is 21.3. The molecule has 10 heteroatoms. The molecule has 0 radical (unpaired) electrons. The third-order valence-electron chi connectivity index (χ3n) is 4.57. The summed E-state index contributed by atoms with van der Waals surface area (Å²) >= 11 is 6.24. The number of nitrogens with one attached hydrogen (secondary N) is 1. The number of fused-ring (bicyclic) bond motifs is 3. The lowest BCUT2D eigenvalue weighted by Crippen LogP contribution is -2.22. The van der Waals surface area contributed by atoms with Crippen LogP contribution in [0.1, 0.15) is 5.69 Å². The molecule has 0 atom stereocenters. The molecule has 0 bridgehead atoms. The standard InChI is InChI=1S/C19H15ClF3N5O/c1-24-8-9-27-10-25-15-16(27)11-6-7-14(19(21,22)23)26-17(11)28(18(15)29)13-5-3-2-4-12(13)20/h2-7,10,24H,8-9H2,1H3. The van der Waals surface area contributed by atoms with Gasteiger partial charge in [0, 0.05) is 18.5 Å². The van der Waals surface area contributed by atoms with Crippen LogP contribution >= 0.6 is 11.6 Å². The van der Waals surface area contributed by atoms with Gasteiger partial charge in [-0.1, -0.05) is 23.7 Å². The van der Waals surface area contributed by atoms with E-state index in [1.807, 2.05) is 0 Å². The molecule has 1 aromatic carbocycles. The number of pyridine rings is 2. The molecule has 0 unspecified atom stereocenters. The Bertz CT molecular complexity index is 1280. The lowest BCUT2D eigenvalue weighted by atomic mass is 10.2. The Hall–Kier alpha value is -2.91. The van der Waals surface area contributed by atoms with Gasteiger partial charge in [-0.2, -0.15) is 13.2 Å². The fourth-order valence-corrected chi connectivity index (χ4v) is 3.46. The Balaban J connectivity index is 2.16. The first-order valence-electron chi connectivity index (χ1n) is 8.70. The number of hydrogen-bond acceptors (Lipinski definition) is 4. The number of benzene rings is 1. The second-order valence-corrected chi connectivity index (χ2v) is 6.80. The van der Waals surface area contributed by atoms with E-state index < -0.39 is 17.4 Å². The van der Waals surface area contributed by atoms with Gasteiger partial charge >= 0.3 is 6.18 Å². The van der Waals surface area contributed by atoms with Gasteiger partial charge in [0.2, 0.25) is 0 Å². The van der Waals surface area contributed by atoms with Crippen molar-refractivity contribution in [3.05, 3.63) is 63.8 Å². The summed E-state index contributed by atoms with van der Waals surface area (Å²) in [5.41, 5.74) is -0.999. The van der Waals surface area contributed by atoms with E-state index in [0.29, 0.717) is 24.0 Å². The molecule has 1 N–H and O–H groups in total. The van der Waals surface area contributed by atoms with Gasteiger partial charge in [0.1, 0.15) is 11.3 Å². The van der Waals surface area contributed by atoms with Gasteiger partial charge in [0.25, 0.3) is 5.56 Å². The zero-order valence-corrected chi connectivity index (χ0v) is 15.9. The minimum atomic E-state index is -4.66. The highest BCUT2D eigenvalue weighted by atomic mass is 35.5. The van der Waals surface area contributed by atoms with E-state index in [9.17, 15) is 18.0 Å². The van der Waals surface area contributed by atoms with Gasteiger partial charge in [0.15, 0.2) is 5.52 Å². The second-order valence-electron chi connectivity index (χ2n) is 6.40. The quantitative estimate of drug-likeness (QED) is 0.546. The Kier molecular flexibility index (Phi) is 4.79. The van der Waals surface area contributed by atoms with Gasteiger partial charge in [0.05, 0.1) is 22.6 Å². The molecule has 4 aromatic rings. The molecule has 150 valence electrons. The molecule has 3 heterocycles. The maximum Gasteiger partial charge on any atom is 0.433 e. The molecule has 0 fully saturated rings. The van der Waals surface area contributed by atoms with Crippen molar-refractivity contribution in [2.45, 2.75) is 12.7 Å². The lowest BCUT2D eigenvalue weighted by molar-refractivity contribution is -0.141. The zero-order valence-electron chi connectivity index (χ0n) is 15.2. The monoisotopic (exact) mass is 421 g/mol. The summed E-state index contributed by atoms with van der Waals surface area (Å²) in [5, 5.41) is 3.58. The van der Waals surface area contributed by atoms with Gasteiger partial charge in [-0.25, -0.2) is 9.97 Å². The first kappa shape index (κ1) is 19.4. The molecule has 4 rings (SSSR count). The Morgan fingerprint density at radius 1 is 1.17 bits per heavy atom. The molecule has 0 amide bonds. The summed E-state index contributed by atoms with van der Waals surface area (Å²) in [6.45, 7) is 1.08. The summed E-state index contributed by atoms with van der Waals surface area (Å²) in [5.74, 6) is 0. The molecule has 0 aliphatic heterocycles. The van der Waals surface area contributed by atoms with Crippen molar-refractivity contribution in [1.29, 1.82) is 0 Å². The van der Waals surface area contributed by atoms with Crippen molar-refractivity contribution in [2.75, 3.05) is 13.6 Å². The minimum absolute atomic E-state index is 0.128. The number of imidazole rings is 1. The van der Waals surface area contributed by atoms with E-state index in [2.05, 4.69) is 15.3 Å². The number of likely N-dealkylation sites (N-methyl/N-ethyl adjacent to an activating group) is 1. The van der Waals surface area contributed by atoms with Crippen molar-refractivity contribution >= 4 is 33.7 Å². The highest BCUT2D eigenvalue weighted by Gasteiger charge is 2.33. The SMILES string of the molecule is CNCCn1cnc2c(=O)n(-c3ccccc3Cl)c3nc(C(F)(F)F)ccc3c21. The van der Waals surface area contributed by atoms with Crippen LogP contribution in [0.3, 0.4) is 0 Å². The van der Waals surface area contributed by atoms with Crippen LogP contribution in [0.25, 0.3) is 27.8 Å². The van der Waals surface area contributed by atoms with Gasteiger partial charge in [-0.15, -0.1) is 0 Å². The lowest BCUT2D eigenvalue weighted by Gasteiger charge is -2.15. The van der Waals surface area contributed by atoms with Crippen LogP contribution < -0.4 is 10.9 Å². The largest absolute Gasteiger partial charge is 0.433 e. The van der Waals surface area contributed by atoms with Crippen molar-refractivity contribution in [3.8, 4) is 5.69 Å². The number of para-hydroxylation sites is 1. The van der Waals surface area contributed by atoms with E-state index in [1.54, 1.807) is 35.9 Å². The minimum Gasteiger partial charge on any atom is -0.329 e. The van der Waals surface area contributed by atoms with Crippen LogP contribution in [0.2, 0.25) is 5.02 Å². The molecule has 0 aliphatic rings. The molecule has 0 saturated heterocycles. The van der Waals surface area contributed by atoms with Crippen molar-refractivity contribution in [3.63, 3.8) is 0 Å². The van der Waals surface area contributed by atoms with Crippen molar-refractivity contribution < 1.29 is 13.2 Å². The predicted molar refractivity (Wildman–Crippen MR) is 105 cm³/mol. The maximum atomic E-state index is 13.3. The predicted octanol–water partition coefficient (Wildman–Crippen LogP) is 3.63. The summed E-state index contributed by atoms with van der Waals surface area (Å²) in [7, 11) is 1.78. The molecule has 6 nitrogen and oxygen atoms in total. The Morgan fingerprint density at radius 2 is 1.93 bits per heavy atom. The summed E-state index contributed by atoms with van der Waals surface area (Å²) in [6, 6.07) is 8.63. The van der Waals surface area contributed by atoms with E-state index in [4.69, 9.17) is 11.6 Å². The molecule has 0 saturated carbocycles. The molecule has 0 spiro atoms. The van der Waals surface area contributed by atoms with E-state index in [-0.39, 0.29) is 21.9 Å². The number of aromatic nitrogens is 4. The first-order valence-corrected chi connectivity index (χ1v) is 9.08. The Morgan fingerprint density at radius 3 is 2.62 bits per heavy atom. The number of nitrogens with zero attached hydrogens (tertiary/aromatic N) is 4. The van der Waals surface area contributed by atoms with Gasteiger partial charge in [-0.3, -0.25) is 9.36 Å². The van der Waals surface area contributed by atoms with E-state index in [1.165, 1.54) is 12.4 Å².